The summed E-state index contributed by atoms with van der Waals surface area (Å²) in [5.41, 5.74) is 0.312. The number of methoxy groups -OCH3 is 1. The van der Waals surface area contributed by atoms with Crippen LogP contribution in [0.3, 0.4) is 0 Å². The van der Waals surface area contributed by atoms with Crippen LogP contribution in [0.25, 0.3) is 6.08 Å². The van der Waals surface area contributed by atoms with E-state index in [-0.39, 0.29) is 22.7 Å². The van der Waals surface area contributed by atoms with Gasteiger partial charge in [0.05, 0.1) is 12.8 Å². The average Bonchev–Trinajstić information content (AvgIpc) is 2.55. The Balaban J connectivity index is 2.73. The maximum atomic E-state index is 12.2. The molecule has 26 heavy (non-hydrogen) atoms. The van der Waals surface area contributed by atoms with Gasteiger partial charge in [-0.25, -0.2) is 4.79 Å². The van der Waals surface area contributed by atoms with Crippen molar-refractivity contribution in [3.8, 4) is 0 Å². The minimum atomic E-state index is -1.25. The van der Waals surface area contributed by atoms with Crippen LogP contribution >= 0.6 is 0 Å². The topological polar surface area (TPSA) is 92.4 Å². The van der Waals surface area contributed by atoms with E-state index in [1.807, 2.05) is 27.7 Å². The summed E-state index contributed by atoms with van der Waals surface area (Å²) in [7, 11) is 1.52. The molecule has 0 radical (unpaired) electrons. The molecule has 6 heteroatoms. The number of pyridine rings is 1. The second kappa shape index (κ2) is 7.15. The molecule has 1 aromatic rings. The summed E-state index contributed by atoms with van der Waals surface area (Å²) in [6.07, 6.45) is 8.17. The zero-order valence-corrected chi connectivity index (χ0v) is 15.7. The van der Waals surface area contributed by atoms with Crippen LogP contribution < -0.4 is 5.43 Å². The van der Waals surface area contributed by atoms with Crippen LogP contribution in [-0.4, -0.2) is 28.5 Å². The lowest BCUT2D eigenvalue weighted by Gasteiger charge is -2.31. The molecule has 0 aliphatic heterocycles. The Labute approximate surface area is 152 Å². The fourth-order valence-electron chi connectivity index (χ4n) is 2.61. The molecule has 6 nitrogen and oxygen atoms in total. The molecular formula is C20H24N2O4. The molecule has 0 spiro atoms. The van der Waals surface area contributed by atoms with Crippen LogP contribution in [0.1, 0.15) is 49.8 Å². The summed E-state index contributed by atoms with van der Waals surface area (Å²) in [6.45, 7) is 8.09. The quantitative estimate of drug-likeness (QED) is 0.861. The minimum absolute atomic E-state index is 0.0867. The lowest BCUT2D eigenvalue weighted by molar-refractivity contribution is 0.0693. The van der Waals surface area contributed by atoms with Gasteiger partial charge in [-0.1, -0.05) is 26.8 Å². The van der Waals surface area contributed by atoms with Gasteiger partial charge in [0.1, 0.15) is 11.3 Å². The van der Waals surface area contributed by atoms with E-state index in [9.17, 15) is 14.7 Å². The number of hydrogen-bond donors (Lipinski definition) is 2. The van der Waals surface area contributed by atoms with Gasteiger partial charge in [-0.05, 0) is 30.6 Å². The van der Waals surface area contributed by atoms with Crippen LogP contribution in [0.4, 0.5) is 0 Å². The molecule has 1 aliphatic rings. The van der Waals surface area contributed by atoms with Crippen LogP contribution in [0, 0.1) is 10.8 Å². The molecule has 0 saturated heterocycles. The minimum Gasteiger partial charge on any atom is -0.496 e. The maximum absolute atomic E-state index is 12.2. The van der Waals surface area contributed by atoms with Crippen molar-refractivity contribution in [2.24, 2.45) is 5.41 Å². The first kappa shape index (κ1) is 19.4. The van der Waals surface area contributed by atoms with E-state index >= 15 is 0 Å². The Morgan fingerprint density at radius 2 is 2.04 bits per heavy atom. The van der Waals surface area contributed by atoms with Crippen molar-refractivity contribution in [3.05, 3.63) is 63.3 Å². The predicted molar refractivity (Wildman–Crippen MR) is 102 cm³/mol. The number of nitrogens with zero attached hydrogens (tertiary/aromatic N) is 1. The van der Waals surface area contributed by atoms with Gasteiger partial charge in [0.25, 0.3) is 0 Å². The van der Waals surface area contributed by atoms with E-state index < -0.39 is 11.4 Å². The molecule has 0 amide bonds. The first-order valence-corrected chi connectivity index (χ1v) is 8.29. The molecule has 1 aromatic heterocycles. The zero-order chi connectivity index (χ0) is 19.6. The van der Waals surface area contributed by atoms with Gasteiger partial charge in [0.2, 0.25) is 0 Å². The van der Waals surface area contributed by atoms with Crippen molar-refractivity contribution in [2.75, 3.05) is 7.11 Å². The highest BCUT2D eigenvalue weighted by atomic mass is 16.5. The van der Waals surface area contributed by atoms with E-state index in [0.717, 1.165) is 0 Å². The summed E-state index contributed by atoms with van der Waals surface area (Å²) in [4.78, 5) is 23.6. The number of hydrogen-bond acceptors (Lipinski definition) is 4. The van der Waals surface area contributed by atoms with Crippen molar-refractivity contribution in [3.63, 3.8) is 0 Å². The zero-order valence-electron chi connectivity index (χ0n) is 15.7. The van der Waals surface area contributed by atoms with Gasteiger partial charge >= 0.3 is 5.97 Å². The van der Waals surface area contributed by atoms with Crippen molar-refractivity contribution in [2.45, 2.75) is 33.7 Å². The van der Waals surface area contributed by atoms with Crippen LogP contribution in [0.5, 0.6) is 0 Å². The summed E-state index contributed by atoms with van der Waals surface area (Å²) < 4.78 is 7.10. The number of rotatable bonds is 4. The predicted octanol–water partition coefficient (Wildman–Crippen LogP) is 3.66. The number of allylic oxidation sites excluding steroid dienone is 4. The van der Waals surface area contributed by atoms with Gasteiger partial charge in [0, 0.05) is 29.6 Å². The number of ether oxygens (including phenoxy) is 1. The Hall–Kier alpha value is -2.89. The Bertz CT molecular complexity index is 895. The standard InChI is InChI=1S/C20H24N2O4/c1-12(20(2,3)4)22-11-15(19(24)25)17(23)10-13(22)9-14-16(21)7-6-8-18(14)26-5/h6-12,21H,1-5H3,(H,24,25)/b14-9-,21-16?/t12-/m1/s1. The molecule has 2 rings (SSSR count). The van der Waals surface area contributed by atoms with Crippen molar-refractivity contribution in [1.82, 2.24) is 4.57 Å². The smallest absolute Gasteiger partial charge is 0.341 e. The normalized spacial score (nSPS) is 17.2. The Kier molecular flexibility index (Phi) is 5.35. The van der Waals surface area contributed by atoms with E-state index in [1.54, 1.807) is 28.9 Å². The highest BCUT2D eigenvalue weighted by Crippen LogP contribution is 2.32. The molecule has 2 N–H and O–H groups in total. The summed E-state index contributed by atoms with van der Waals surface area (Å²) >= 11 is 0. The van der Waals surface area contributed by atoms with E-state index in [1.165, 1.54) is 19.4 Å². The molecule has 0 unspecified atom stereocenters. The highest BCUT2D eigenvalue weighted by Gasteiger charge is 2.25. The number of aromatic nitrogens is 1. The van der Waals surface area contributed by atoms with Crippen molar-refractivity contribution < 1.29 is 14.6 Å². The number of carboxylic acid groups (broad SMARTS) is 1. The number of aromatic carboxylic acids is 1. The third-order valence-corrected chi connectivity index (χ3v) is 4.59. The van der Waals surface area contributed by atoms with Crippen LogP contribution in [0.2, 0.25) is 0 Å². The number of carbonyl (C=O) groups is 1. The van der Waals surface area contributed by atoms with Crippen molar-refractivity contribution >= 4 is 17.8 Å². The maximum Gasteiger partial charge on any atom is 0.341 e. The molecule has 0 aromatic carbocycles. The number of carboxylic acids is 1. The van der Waals surface area contributed by atoms with Gasteiger partial charge in [-0.3, -0.25) is 4.79 Å². The van der Waals surface area contributed by atoms with Crippen LogP contribution in [-0.2, 0) is 4.74 Å². The summed E-state index contributed by atoms with van der Waals surface area (Å²) in [5, 5.41) is 17.4. The van der Waals surface area contributed by atoms with Crippen molar-refractivity contribution in [1.29, 1.82) is 5.41 Å². The first-order valence-electron chi connectivity index (χ1n) is 8.29. The van der Waals surface area contributed by atoms with Crippen LogP contribution in [0.15, 0.2) is 46.6 Å². The second-order valence-corrected chi connectivity index (χ2v) is 7.30. The van der Waals surface area contributed by atoms with Gasteiger partial charge in [-0.15, -0.1) is 0 Å². The molecule has 0 fully saturated rings. The average molecular weight is 356 g/mol. The van der Waals surface area contributed by atoms with Gasteiger partial charge in [-0.2, -0.15) is 0 Å². The van der Waals surface area contributed by atoms with E-state index in [4.69, 9.17) is 10.1 Å². The van der Waals surface area contributed by atoms with E-state index in [0.29, 0.717) is 17.0 Å². The molecular weight excluding hydrogens is 332 g/mol. The van der Waals surface area contributed by atoms with Gasteiger partial charge in [0.15, 0.2) is 5.43 Å². The Morgan fingerprint density at radius 3 is 2.58 bits per heavy atom. The largest absolute Gasteiger partial charge is 0.496 e. The lowest BCUT2D eigenvalue weighted by Crippen LogP contribution is -2.27. The lowest BCUT2D eigenvalue weighted by atomic mass is 9.87. The molecule has 138 valence electrons. The SMILES string of the molecule is COC1=CC=CC(=N)/C1=C/c1cc(=O)c(C(=O)O)cn1[C@H](C)C(C)(C)C. The molecule has 1 aliphatic carbocycles. The fraction of sp³-hybridized carbons (Fsp3) is 0.350. The fourth-order valence-corrected chi connectivity index (χ4v) is 2.61. The monoisotopic (exact) mass is 356 g/mol. The molecule has 0 bridgehead atoms. The summed E-state index contributed by atoms with van der Waals surface area (Å²) in [5.74, 6) is -0.739. The van der Waals surface area contributed by atoms with Gasteiger partial charge < -0.3 is 19.8 Å². The highest BCUT2D eigenvalue weighted by molar-refractivity contribution is 6.13. The molecule has 0 saturated carbocycles. The third kappa shape index (κ3) is 3.85. The Morgan fingerprint density at radius 1 is 1.38 bits per heavy atom. The second-order valence-electron chi connectivity index (χ2n) is 7.30. The first-order chi connectivity index (χ1) is 12.1. The number of nitrogens with one attached hydrogen (secondary N) is 1. The van der Waals surface area contributed by atoms with E-state index in [2.05, 4.69) is 0 Å². The molecule has 1 heterocycles. The molecule has 1 atom stereocenters. The third-order valence-electron chi connectivity index (χ3n) is 4.59. The summed E-state index contributed by atoms with van der Waals surface area (Å²) in [6, 6.07) is 1.22.